The van der Waals surface area contributed by atoms with Gasteiger partial charge in [0.15, 0.2) is 0 Å². The number of rotatable bonds is 8. The molecule has 1 heterocycles. The van der Waals surface area contributed by atoms with Gasteiger partial charge >= 0.3 is 0 Å². The Balaban J connectivity index is 1.69. The molecule has 1 amide bonds. The molecule has 3 rings (SSSR count). The van der Waals surface area contributed by atoms with Gasteiger partial charge in [-0.3, -0.25) is 14.8 Å². The standard InChI is InChI=1S/C19H18N4O4S2/c1-3-12-27-15-10-8-14(9-11-15)23-29(25,26)19-22-21-18(28-19)20-17(24)16-7-5-4-6-13(16)2/h3-11,23H,1,12H2,2H3,(H,20,21,24). The van der Waals surface area contributed by atoms with Crippen molar-refractivity contribution in [2.24, 2.45) is 0 Å². The Morgan fingerprint density at radius 1 is 1.17 bits per heavy atom. The third-order valence-corrected chi connectivity index (χ3v) is 6.31. The van der Waals surface area contributed by atoms with E-state index < -0.39 is 10.0 Å². The fourth-order valence-corrected chi connectivity index (χ4v) is 4.29. The lowest BCUT2D eigenvalue weighted by molar-refractivity contribution is 0.102. The van der Waals surface area contributed by atoms with Crippen molar-refractivity contribution in [3.05, 3.63) is 72.3 Å². The zero-order chi connectivity index (χ0) is 20.9. The van der Waals surface area contributed by atoms with Gasteiger partial charge in [-0.25, -0.2) is 0 Å². The summed E-state index contributed by atoms with van der Waals surface area (Å²) in [5, 5.41) is 10.1. The number of amides is 1. The van der Waals surface area contributed by atoms with E-state index in [1.165, 1.54) is 0 Å². The molecule has 0 spiro atoms. The number of anilines is 2. The highest BCUT2D eigenvalue weighted by molar-refractivity contribution is 7.94. The van der Waals surface area contributed by atoms with Gasteiger partial charge in [-0.15, -0.1) is 10.2 Å². The van der Waals surface area contributed by atoms with Gasteiger partial charge in [-0.2, -0.15) is 8.42 Å². The van der Waals surface area contributed by atoms with Crippen molar-refractivity contribution in [2.45, 2.75) is 11.3 Å². The lowest BCUT2D eigenvalue weighted by atomic mass is 10.1. The van der Waals surface area contributed by atoms with Gasteiger partial charge in [0.05, 0.1) is 0 Å². The molecule has 0 radical (unpaired) electrons. The van der Waals surface area contributed by atoms with Gasteiger partial charge in [0, 0.05) is 11.3 Å². The van der Waals surface area contributed by atoms with E-state index in [0.29, 0.717) is 23.6 Å². The molecule has 3 aromatic rings. The Labute approximate surface area is 172 Å². The number of benzene rings is 2. The molecule has 2 N–H and O–H groups in total. The van der Waals surface area contributed by atoms with E-state index in [9.17, 15) is 13.2 Å². The molecule has 0 atom stereocenters. The summed E-state index contributed by atoms with van der Waals surface area (Å²) in [7, 11) is -3.94. The van der Waals surface area contributed by atoms with E-state index >= 15 is 0 Å². The third kappa shape index (κ3) is 5.18. The minimum atomic E-state index is -3.94. The van der Waals surface area contributed by atoms with Gasteiger partial charge in [0.25, 0.3) is 20.3 Å². The van der Waals surface area contributed by atoms with Crippen molar-refractivity contribution in [2.75, 3.05) is 16.6 Å². The molecule has 0 fully saturated rings. The first-order chi connectivity index (χ1) is 13.9. The number of nitrogens with zero attached hydrogens (tertiary/aromatic N) is 2. The summed E-state index contributed by atoms with van der Waals surface area (Å²) in [6.45, 7) is 5.72. The average Bonchev–Trinajstić information content (AvgIpc) is 3.17. The van der Waals surface area contributed by atoms with Crippen molar-refractivity contribution in [1.82, 2.24) is 10.2 Å². The van der Waals surface area contributed by atoms with Crippen LogP contribution in [0.3, 0.4) is 0 Å². The van der Waals surface area contributed by atoms with Gasteiger partial charge in [-0.05, 0) is 42.8 Å². The third-order valence-electron chi connectivity index (χ3n) is 3.72. The number of carbonyl (C=O) groups is 1. The molecule has 10 heteroatoms. The number of carbonyl (C=O) groups excluding carboxylic acids is 1. The maximum absolute atomic E-state index is 12.5. The molecule has 0 unspecified atom stereocenters. The number of ether oxygens (including phenoxy) is 1. The summed E-state index contributed by atoms with van der Waals surface area (Å²) in [6, 6.07) is 13.5. The first-order valence-electron chi connectivity index (χ1n) is 8.46. The summed E-state index contributed by atoms with van der Waals surface area (Å²) in [5.74, 6) is 0.205. The normalized spacial score (nSPS) is 10.9. The average molecular weight is 431 g/mol. The highest BCUT2D eigenvalue weighted by Gasteiger charge is 2.21. The fraction of sp³-hybridized carbons (Fsp3) is 0.105. The van der Waals surface area contributed by atoms with E-state index in [1.807, 2.05) is 19.1 Å². The Morgan fingerprint density at radius 2 is 1.90 bits per heavy atom. The van der Waals surface area contributed by atoms with Crippen LogP contribution in [-0.4, -0.2) is 31.1 Å². The Kier molecular flexibility index (Phi) is 6.25. The molecule has 150 valence electrons. The monoisotopic (exact) mass is 430 g/mol. The molecule has 2 aromatic carbocycles. The molecule has 8 nitrogen and oxygen atoms in total. The van der Waals surface area contributed by atoms with Gasteiger partial charge < -0.3 is 4.74 Å². The Bertz CT molecular complexity index is 1130. The number of hydrogen-bond acceptors (Lipinski definition) is 7. The van der Waals surface area contributed by atoms with E-state index in [1.54, 1.807) is 42.5 Å². The summed E-state index contributed by atoms with van der Waals surface area (Å²) in [6.07, 6.45) is 1.61. The fourth-order valence-electron chi connectivity index (χ4n) is 2.33. The molecule has 0 aliphatic heterocycles. The van der Waals surface area contributed by atoms with Crippen LogP contribution in [-0.2, 0) is 10.0 Å². The van der Waals surface area contributed by atoms with Crippen LogP contribution in [0.5, 0.6) is 5.75 Å². The number of nitrogens with one attached hydrogen (secondary N) is 2. The maximum atomic E-state index is 12.5. The second kappa shape index (κ2) is 8.84. The van der Waals surface area contributed by atoms with Gasteiger partial charge in [0.1, 0.15) is 12.4 Å². The highest BCUT2D eigenvalue weighted by atomic mass is 32.2. The summed E-state index contributed by atoms with van der Waals surface area (Å²) < 4.78 is 32.6. The minimum absolute atomic E-state index is 0.0896. The van der Waals surface area contributed by atoms with Gasteiger partial charge in [0.2, 0.25) is 5.13 Å². The highest BCUT2D eigenvalue weighted by Crippen LogP contribution is 2.24. The zero-order valence-corrected chi connectivity index (χ0v) is 17.1. The van der Waals surface area contributed by atoms with Crippen LogP contribution in [0.2, 0.25) is 0 Å². The molecule has 1 aromatic heterocycles. The Hall–Kier alpha value is -3.24. The lowest BCUT2D eigenvalue weighted by Gasteiger charge is -2.07. The predicted molar refractivity (Wildman–Crippen MR) is 112 cm³/mol. The molecule has 0 saturated heterocycles. The molecule has 0 saturated carbocycles. The Morgan fingerprint density at radius 3 is 2.59 bits per heavy atom. The maximum Gasteiger partial charge on any atom is 0.291 e. The minimum Gasteiger partial charge on any atom is -0.490 e. The number of hydrogen-bond donors (Lipinski definition) is 2. The van der Waals surface area contributed by atoms with Crippen LogP contribution in [0.4, 0.5) is 10.8 Å². The quantitative estimate of drug-likeness (QED) is 0.418. The molecule has 29 heavy (non-hydrogen) atoms. The molecular weight excluding hydrogens is 412 g/mol. The summed E-state index contributed by atoms with van der Waals surface area (Å²) in [4.78, 5) is 12.3. The molecule has 0 bridgehead atoms. The van der Waals surface area contributed by atoms with E-state index in [-0.39, 0.29) is 15.4 Å². The largest absolute Gasteiger partial charge is 0.490 e. The molecule has 0 aliphatic carbocycles. The molecular formula is C19H18N4O4S2. The SMILES string of the molecule is C=CCOc1ccc(NS(=O)(=O)c2nnc(NC(=O)c3ccccc3C)s2)cc1. The topological polar surface area (TPSA) is 110 Å². The van der Waals surface area contributed by atoms with Crippen LogP contribution in [0.25, 0.3) is 0 Å². The van der Waals surface area contributed by atoms with Crippen molar-refractivity contribution < 1.29 is 17.9 Å². The second-order valence-corrected chi connectivity index (χ2v) is 8.71. The van der Waals surface area contributed by atoms with E-state index in [0.717, 1.165) is 16.9 Å². The van der Waals surface area contributed by atoms with E-state index in [4.69, 9.17) is 4.74 Å². The van der Waals surface area contributed by atoms with Crippen molar-refractivity contribution in [3.8, 4) is 5.75 Å². The first-order valence-corrected chi connectivity index (χ1v) is 10.8. The summed E-state index contributed by atoms with van der Waals surface area (Å²) >= 11 is 0.762. The predicted octanol–water partition coefficient (Wildman–Crippen LogP) is 3.46. The number of aryl methyl sites for hydroxylation is 1. The van der Waals surface area contributed by atoms with Crippen molar-refractivity contribution in [1.29, 1.82) is 0 Å². The van der Waals surface area contributed by atoms with Crippen LogP contribution in [0, 0.1) is 6.92 Å². The molecule has 0 aliphatic rings. The smallest absolute Gasteiger partial charge is 0.291 e. The van der Waals surface area contributed by atoms with Gasteiger partial charge in [-0.1, -0.05) is 42.2 Å². The lowest BCUT2D eigenvalue weighted by Crippen LogP contribution is -2.13. The number of aromatic nitrogens is 2. The number of sulfonamides is 1. The first kappa shape index (κ1) is 20.5. The second-order valence-electron chi connectivity index (χ2n) is 5.87. The van der Waals surface area contributed by atoms with Crippen molar-refractivity contribution >= 4 is 38.1 Å². The summed E-state index contributed by atoms with van der Waals surface area (Å²) in [5.41, 5.74) is 1.62. The zero-order valence-electron chi connectivity index (χ0n) is 15.5. The van der Waals surface area contributed by atoms with Crippen molar-refractivity contribution in [3.63, 3.8) is 0 Å². The van der Waals surface area contributed by atoms with E-state index in [2.05, 4.69) is 26.8 Å². The van der Waals surface area contributed by atoms with Crippen LogP contribution < -0.4 is 14.8 Å². The van der Waals surface area contributed by atoms with Crippen LogP contribution >= 0.6 is 11.3 Å². The van der Waals surface area contributed by atoms with Crippen LogP contribution in [0.15, 0.2) is 65.5 Å². The van der Waals surface area contributed by atoms with Crippen LogP contribution in [0.1, 0.15) is 15.9 Å².